The Morgan fingerprint density at radius 2 is 2.14 bits per heavy atom. The van der Waals surface area contributed by atoms with E-state index in [1.165, 1.54) is 19.0 Å². The number of urea groups is 1. The molecular formula is C14H18N4O3S. The molecule has 1 fully saturated rings. The first kappa shape index (κ1) is 16.3. The van der Waals surface area contributed by atoms with E-state index in [0.29, 0.717) is 12.3 Å². The molecule has 0 saturated carbocycles. The van der Waals surface area contributed by atoms with Crippen molar-refractivity contribution in [2.24, 2.45) is 0 Å². The molecule has 0 unspecified atom stereocenters. The van der Waals surface area contributed by atoms with Gasteiger partial charge in [0.25, 0.3) is 5.91 Å². The number of amides is 4. The van der Waals surface area contributed by atoms with Crippen LogP contribution < -0.4 is 5.32 Å². The maximum absolute atomic E-state index is 11.9. The van der Waals surface area contributed by atoms with Crippen LogP contribution in [-0.4, -0.2) is 65.1 Å². The highest BCUT2D eigenvalue weighted by atomic mass is 32.2. The molecule has 1 saturated heterocycles. The van der Waals surface area contributed by atoms with Crippen LogP contribution in [0.2, 0.25) is 0 Å². The minimum absolute atomic E-state index is 0.0142. The molecule has 2 heterocycles. The quantitative estimate of drug-likeness (QED) is 0.470. The number of nitrogens with zero attached hydrogens (tertiary/aromatic N) is 3. The van der Waals surface area contributed by atoms with Crippen LogP contribution in [0.25, 0.3) is 0 Å². The summed E-state index contributed by atoms with van der Waals surface area (Å²) >= 11 is 1.54. The number of thioether (sulfide) groups is 1. The highest BCUT2D eigenvalue weighted by Crippen LogP contribution is 2.16. The summed E-state index contributed by atoms with van der Waals surface area (Å²) in [5.74, 6) is 0.108. The van der Waals surface area contributed by atoms with Crippen molar-refractivity contribution >= 4 is 29.6 Å². The summed E-state index contributed by atoms with van der Waals surface area (Å²) in [6, 6.07) is 4.57. The average Bonchev–Trinajstić information content (AvgIpc) is 2.70. The minimum atomic E-state index is -0.707. The molecule has 0 aliphatic carbocycles. The van der Waals surface area contributed by atoms with Crippen molar-refractivity contribution in [3.63, 3.8) is 0 Å². The van der Waals surface area contributed by atoms with E-state index in [-0.39, 0.29) is 24.3 Å². The zero-order valence-corrected chi connectivity index (χ0v) is 13.3. The van der Waals surface area contributed by atoms with Crippen molar-refractivity contribution < 1.29 is 14.4 Å². The molecule has 1 N–H and O–H groups in total. The number of nitrogens with one attached hydrogen (secondary N) is 1. The van der Waals surface area contributed by atoms with E-state index in [1.54, 1.807) is 18.0 Å². The molecule has 7 nitrogen and oxygen atoms in total. The Labute approximate surface area is 133 Å². The number of rotatable bonds is 6. The van der Waals surface area contributed by atoms with Gasteiger partial charge in [-0.1, -0.05) is 6.07 Å². The molecule has 4 amide bonds. The normalized spacial score (nSPS) is 18.0. The van der Waals surface area contributed by atoms with Gasteiger partial charge in [-0.05, 0) is 12.1 Å². The lowest BCUT2D eigenvalue weighted by Gasteiger charge is -2.15. The predicted octanol–water partition coefficient (Wildman–Crippen LogP) is 0.572. The van der Waals surface area contributed by atoms with Gasteiger partial charge in [0.1, 0.15) is 6.04 Å². The number of likely N-dealkylation sites (N-methyl/N-ethyl adjacent to an activating group) is 2. The van der Waals surface area contributed by atoms with Crippen molar-refractivity contribution in [1.29, 1.82) is 0 Å². The molecule has 22 heavy (non-hydrogen) atoms. The van der Waals surface area contributed by atoms with Gasteiger partial charge < -0.3 is 10.2 Å². The third-order valence-corrected chi connectivity index (χ3v) is 4.31. The Hall–Kier alpha value is -2.09. The Balaban J connectivity index is 1.72. The second-order valence-electron chi connectivity index (χ2n) is 4.88. The van der Waals surface area contributed by atoms with E-state index in [4.69, 9.17) is 0 Å². The smallest absolute Gasteiger partial charge is 0.326 e. The summed E-state index contributed by atoms with van der Waals surface area (Å²) < 4.78 is 0. The van der Waals surface area contributed by atoms with E-state index >= 15 is 0 Å². The third kappa shape index (κ3) is 3.76. The molecule has 0 aromatic carbocycles. The highest BCUT2D eigenvalue weighted by Gasteiger charge is 2.41. The molecule has 1 aromatic heterocycles. The van der Waals surface area contributed by atoms with Crippen LogP contribution in [0.3, 0.4) is 0 Å². The van der Waals surface area contributed by atoms with Gasteiger partial charge in [-0.2, -0.15) is 0 Å². The van der Waals surface area contributed by atoms with Gasteiger partial charge in [0.15, 0.2) is 0 Å². The zero-order valence-electron chi connectivity index (χ0n) is 12.5. The molecule has 8 heteroatoms. The molecular weight excluding hydrogens is 304 g/mol. The Bertz CT molecular complexity index is 566. The molecule has 0 radical (unpaired) electrons. The van der Waals surface area contributed by atoms with E-state index < -0.39 is 6.04 Å². The van der Waals surface area contributed by atoms with Crippen molar-refractivity contribution in [3.8, 4) is 0 Å². The Morgan fingerprint density at radius 3 is 2.73 bits per heavy atom. The third-order valence-electron chi connectivity index (χ3n) is 3.36. The van der Waals surface area contributed by atoms with Crippen molar-refractivity contribution in [2.75, 3.05) is 26.4 Å². The van der Waals surface area contributed by atoms with Crippen molar-refractivity contribution in [2.45, 2.75) is 17.5 Å². The molecule has 0 spiro atoms. The second-order valence-corrected chi connectivity index (χ2v) is 5.99. The summed E-state index contributed by atoms with van der Waals surface area (Å²) in [5.41, 5.74) is 0. The van der Waals surface area contributed by atoms with Gasteiger partial charge in [-0.3, -0.25) is 14.5 Å². The lowest BCUT2D eigenvalue weighted by Crippen LogP contribution is -2.38. The molecule has 1 aliphatic heterocycles. The number of aromatic nitrogens is 1. The maximum atomic E-state index is 11.9. The maximum Gasteiger partial charge on any atom is 0.326 e. The van der Waals surface area contributed by atoms with Crippen LogP contribution >= 0.6 is 11.8 Å². The largest absolute Gasteiger partial charge is 0.355 e. The lowest BCUT2D eigenvalue weighted by molar-refractivity contribution is -0.131. The minimum Gasteiger partial charge on any atom is -0.355 e. The van der Waals surface area contributed by atoms with Crippen molar-refractivity contribution in [3.05, 3.63) is 24.4 Å². The van der Waals surface area contributed by atoms with Gasteiger partial charge >= 0.3 is 6.03 Å². The van der Waals surface area contributed by atoms with Gasteiger partial charge in [0.05, 0.1) is 11.4 Å². The summed E-state index contributed by atoms with van der Waals surface area (Å²) in [6.45, 7) is 0.481. The molecule has 0 bridgehead atoms. The van der Waals surface area contributed by atoms with Gasteiger partial charge in [0, 0.05) is 32.6 Å². The molecule has 1 aromatic rings. The number of carbonyl (C=O) groups excluding carboxylic acids is 3. The van der Waals surface area contributed by atoms with E-state index in [1.807, 2.05) is 18.2 Å². The second kappa shape index (κ2) is 7.26. The SMILES string of the molecule is CN1C(=O)[C@@H](CC(=O)NCCSc2ccccn2)N(C)C1=O. The summed E-state index contributed by atoms with van der Waals surface area (Å²) in [7, 11) is 2.95. The lowest BCUT2D eigenvalue weighted by atomic mass is 10.2. The number of pyridine rings is 1. The van der Waals surface area contributed by atoms with Crippen LogP contribution in [0.4, 0.5) is 4.79 Å². The van der Waals surface area contributed by atoms with E-state index in [9.17, 15) is 14.4 Å². The molecule has 1 aliphatic rings. The van der Waals surface area contributed by atoms with Gasteiger partial charge in [0.2, 0.25) is 5.91 Å². The first-order chi connectivity index (χ1) is 10.5. The summed E-state index contributed by atoms with van der Waals surface area (Å²) in [4.78, 5) is 41.8. The number of hydrogen-bond acceptors (Lipinski definition) is 5. The number of carbonyl (C=O) groups is 3. The molecule has 1 atom stereocenters. The monoisotopic (exact) mass is 322 g/mol. The van der Waals surface area contributed by atoms with Crippen LogP contribution in [0.15, 0.2) is 29.4 Å². The zero-order chi connectivity index (χ0) is 16.1. The predicted molar refractivity (Wildman–Crippen MR) is 82.3 cm³/mol. The summed E-state index contributed by atoms with van der Waals surface area (Å²) in [5, 5.41) is 3.65. The fraction of sp³-hybridized carbons (Fsp3) is 0.429. The topological polar surface area (TPSA) is 82.6 Å². The molecule has 118 valence electrons. The van der Waals surface area contributed by atoms with Crippen molar-refractivity contribution in [1.82, 2.24) is 20.1 Å². The van der Waals surface area contributed by atoms with Crippen LogP contribution in [-0.2, 0) is 9.59 Å². The summed E-state index contributed by atoms with van der Waals surface area (Å²) in [6.07, 6.45) is 1.70. The van der Waals surface area contributed by atoms with Gasteiger partial charge in [-0.25, -0.2) is 9.78 Å². The van der Waals surface area contributed by atoms with E-state index in [2.05, 4.69) is 10.3 Å². The number of hydrogen-bond donors (Lipinski definition) is 1. The van der Waals surface area contributed by atoms with E-state index in [0.717, 1.165) is 9.93 Å². The number of imide groups is 1. The standard InChI is InChI=1S/C14H18N4O3S/c1-17-10(13(20)18(2)14(17)21)9-11(19)15-7-8-22-12-5-3-4-6-16-12/h3-6,10H,7-9H2,1-2H3,(H,15,19)/t10-/m1/s1. The van der Waals surface area contributed by atoms with Gasteiger partial charge in [-0.15, -0.1) is 11.8 Å². The average molecular weight is 322 g/mol. The van der Waals surface area contributed by atoms with Crippen LogP contribution in [0.5, 0.6) is 0 Å². The highest BCUT2D eigenvalue weighted by molar-refractivity contribution is 7.99. The first-order valence-corrected chi connectivity index (χ1v) is 7.84. The van der Waals surface area contributed by atoms with Crippen LogP contribution in [0.1, 0.15) is 6.42 Å². The first-order valence-electron chi connectivity index (χ1n) is 6.85. The fourth-order valence-corrected chi connectivity index (χ4v) is 2.83. The Kier molecular flexibility index (Phi) is 5.37. The fourth-order valence-electron chi connectivity index (χ4n) is 2.10. The molecule has 2 rings (SSSR count). The van der Waals surface area contributed by atoms with Crippen LogP contribution in [0, 0.1) is 0 Å². The Morgan fingerprint density at radius 1 is 1.36 bits per heavy atom.